The molecule has 0 unspecified atom stereocenters. The molecular weight excluding hydrogens is 956 g/mol. The Hall–Kier alpha value is -4.43. The van der Waals surface area contributed by atoms with Gasteiger partial charge in [-0.25, -0.2) is 0 Å². The number of pyridine rings is 2. The molecule has 0 saturated carbocycles. The van der Waals surface area contributed by atoms with E-state index in [-0.39, 0.29) is 31.2 Å². The molecule has 0 amide bonds. The topological polar surface area (TPSA) is 56.7 Å². The number of halogens is 1. The normalized spacial score (nSPS) is 13.3. The van der Waals surface area contributed by atoms with Gasteiger partial charge in [0.1, 0.15) is 5.58 Å². The van der Waals surface area contributed by atoms with Gasteiger partial charge < -0.3 is 8.98 Å². The molecular formula is C50H53FGeIrN4O-2. The maximum Gasteiger partial charge on any atom is 0 e. The van der Waals surface area contributed by atoms with Crippen molar-refractivity contribution in [3.63, 3.8) is 0 Å². The van der Waals surface area contributed by atoms with E-state index < -0.39 is 31.8 Å². The maximum atomic E-state index is 14.5. The number of hydrogen-bond donors (Lipinski definition) is 0. The number of aryl methyl sites for hydroxylation is 3. The summed E-state index contributed by atoms with van der Waals surface area (Å²) in [7, 11) is 0. The summed E-state index contributed by atoms with van der Waals surface area (Å²) in [5.41, 5.74) is 11.5. The molecule has 8 heteroatoms. The van der Waals surface area contributed by atoms with E-state index in [1.54, 1.807) is 26.1 Å². The van der Waals surface area contributed by atoms with Crippen LogP contribution in [0.3, 0.4) is 0 Å². The van der Waals surface area contributed by atoms with Crippen molar-refractivity contribution in [1.82, 2.24) is 19.5 Å². The zero-order valence-corrected chi connectivity index (χ0v) is 39.6. The van der Waals surface area contributed by atoms with Gasteiger partial charge in [-0.3, -0.25) is 9.97 Å². The number of imidazole rings is 1. The molecule has 301 valence electrons. The fraction of sp³-hybridized carbons (Fsp3) is 0.300. The molecule has 8 aromatic rings. The number of furan rings is 1. The maximum absolute atomic E-state index is 14.5. The number of benzene rings is 4. The summed E-state index contributed by atoms with van der Waals surface area (Å²) in [5, 5.41) is 2.18. The SMILES string of the molecule is Cc1cc2nc(-c3[c-]ccc4c3oc3ccccc34)n(-c3c(C(C)C)cccc3C(C)C)c2c(C)n1.[2H]C([2H])([2H])c1c[c-]c(-c2cc(C([2H])(C)C)[c]([Ge]([CH3])([CH3])[CH3])cn2)c(F)c1.[Ir]. The van der Waals surface area contributed by atoms with Crippen LogP contribution in [-0.2, 0) is 20.1 Å². The van der Waals surface area contributed by atoms with Gasteiger partial charge in [-0.05, 0) is 48.9 Å². The van der Waals surface area contributed by atoms with E-state index in [1.165, 1.54) is 22.9 Å². The van der Waals surface area contributed by atoms with E-state index in [0.29, 0.717) is 17.5 Å². The minimum absolute atomic E-state index is 0. The van der Waals surface area contributed by atoms with Crippen LogP contribution in [-0.4, -0.2) is 32.8 Å². The first kappa shape index (κ1) is 37.8. The van der Waals surface area contributed by atoms with Crippen LogP contribution in [0.4, 0.5) is 4.39 Å². The zero-order chi connectivity index (χ0) is 44.3. The molecule has 0 aliphatic heterocycles. The van der Waals surface area contributed by atoms with E-state index in [9.17, 15) is 4.39 Å². The third-order valence-corrected chi connectivity index (χ3v) is 14.7. The summed E-state index contributed by atoms with van der Waals surface area (Å²) in [6.07, 6.45) is 1.76. The van der Waals surface area contributed by atoms with Gasteiger partial charge in [0.15, 0.2) is 0 Å². The predicted octanol–water partition coefficient (Wildman–Crippen LogP) is 13.3. The van der Waals surface area contributed by atoms with Gasteiger partial charge in [-0.15, -0.1) is 18.2 Å². The Labute approximate surface area is 364 Å². The van der Waals surface area contributed by atoms with E-state index >= 15 is 0 Å². The van der Waals surface area contributed by atoms with Crippen LogP contribution >= 0.6 is 0 Å². The number of aromatic nitrogens is 4. The van der Waals surface area contributed by atoms with Crippen LogP contribution in [0.1, 0.15) is 98.4 Å². The Morgan fingerprint density at radius 2 is 1.53 bits per heavy atom. The second-order valence-corrected chi connectivity index (χ2v) is 27.3. The second-order valence-electron chi connectivity index (χ2n) is 16.8. The van der Waals surface area contributed by atoms with E-state index in [0.717, 1.165) is 71.8 Å². The molecule has 58 heavy (non-hydrogen) atoms. The quantitative estimate of drug-likeness (QED) is 0.118. The smallest absolute Gasteiger partial charge is 0 e. The van der Waals surface area contributed by atoms with Crippen molar-refractivity contribution < 1.29 is 34.4 Å². The average Bonchev–Trinajstić information content (AvgIpc) is 3.75. The summed E-state index contributed by atoms with van der Waals surface area (Å²) >= 11 is -2.25. The molecule has 0 spiro atoms. The van der Waals surface area contributed by atoms with Crippen LogP contribution in [0, 0.1) is 38.6 Å². The molecule has 0 bridgehead atoms. The Morgan fingerprint density at radius 3 is 2.17 bits per heavy atom. The van der Waals surface area contributed by atoms with Gasteiger partial charge >= 0.3 is 135 Å². The second kappa shape index (κ2) is 17.0. The van der Waals surface area contributed by atoms with Gasteiger partial charge in [-0.2, -0.15) is 0 Å². The molecule has 5 nitrogen and oxygen atoms in total. The number of nitrogens with zero attached hydrogens (tertiary/aromatic N) is 4. The minimum Gasteiger partial charge on any atom is 0 e. The molecule has 0 aliphatic carbocycles. The van der Waals surface area contributed by atoms with Gasteiger partial charge in [0.05, 0.1) is 28.1 Å². The van der Waals surface area contributed by atoms with E-state index in [4.69, 9.17) is 19.9 Å². The van der Waals surface area contributed by atoms with Crippen molar-refractivity contribution >= 4 is 50.6 Å². The first-order chi connectivity index (χ1) is 28.6. The molecule has 4 aromatic heterocycles. The molecule has 0 atom stereocenters. The molecule has 4 heterocycles. The Bertz CT molecular complexity index is 2920. The van der Waals surface area contributed by atoms with Crippen LogP contribution < -0.4 is 4.40 Å². The third-order valence-electron chi connectivity index (χ3n) is 10.5. The fourth-order valence-electron chi connectivity index (χ4n) is 7.71. The first-order valence-electron chi connectivity index (χ1n) is 21.6. The van der Waals surface area contributed by atoms with Crippen LogP contribution in [0.15, 0.2) is 89.5 Å². The summed E-state index contributed by atoms with van der Waals surface area (Å²) in [5.74, 6) is 6.69. The molecule has 0 N–H and O–H groups in total. The summed E-state index contributed by atoms with van der Waals surface area (Å²) in [6.45, 7) is 14.4. The molecule has 1 radical (unpaired) electrons. The monoisotopic (exact) mass is 1020 g/mol. The Kier molecular flexibility index (Phi) is 11.1. The van der Waals surface area contributed by atoms with E-state index in [1.807, 2.05) is 25.1 Å². The molecule has 0 fully saturated rings. The van der Waals surface area contributed by atoms with Gasteiger partial charge in [0.25, 0.3) is 0 Å². The fourth-order valence-corrected chi connectivity index (χ4v) is 11.0. The standard InChI is InChI=1S/C32H30N3O.C18H23FGeN.Ir/c1-18(2)22-12-9-13-23(19(3)4)30(22)35-29-21(6)33-20(5)17-27(29)34-32(35)26-15-10-14-25-24-11-7-8-16-28(24)36-31(25)26;1-12(2)15-10-18(21-11-17(15)20(4,5)6)14-8-7-13(3)9-16(14)19;/h7-14,16-19H,1-6H3;7,9-12H,1-6H3;/q2*-1;/i;3D3,12D;. The predicted molar refractivity (Wildman–Crippen MR) is 238 cm³/mol. The summed E-state index contributed by atoms with van der Waals surface area (Å²) in [6, 6.07) is 31.2. The van der Waals surface area contributed by atoms with Crippen LogP contribution in [0.2, 0.25) is 17.3 Å². The average molecular weight is 1010 g/mol. The summed E-state index contributed by atoms with van der Waals surface area (Å²) in [4.78, 5) is 14.5. The number of hydrogen-bond acceptors (Lipinski definition) is 4. The van der Waals surface area contributed by atoms with Crippen molar-refractivity contribution in [2.24, 2.45) is 0 Å². The number of rotatable bonds is 7. The van der Waals surface area contributed by atoms with Gasteiger partial charge in [-0.1, -0.05) is 75.0 Å². The summed E-state index contributed by atoms with van der Waals surface area (Å²) < 4.78 is 54.9. The van der Waals surface area contributed by atoms with Crippen molar-refractivity contribution in [3.8, 4) is 28.3 Å². The van der Waals surface area contributed by atoms with Crippen LogP contribution in [0.25, 0.3) is 61.3 Å². The zero-order valence-electron chi connectivity index (χ0n) is 39.1. The molecule has 0 saturated heterocycles. The minimum atomic E-state index is -2.37. The third kappa shape index (κ3) is 8.23. The first-order valence-corrected chi connectivity index (χ1v) is 27.0. The Morgan fingerprint density at radius 1 is 0.828 bits per heavy atom. The van der Waals surface area contributed by atoms with Crippen molar-refractivity contribution in [1.29, 1.82) is 0 Å². The van der Waals surface area contributed by atoms with Crippen molar-refractivity contribution in [3.05, 3.63) is 137 Å². The Balaban J connectivity index is 0.000000218. The largest absolute Gasteiger partial charge is 0 e. The molecule has 0 aliphatic rings. The van der Waals surface area contributed by atoms with Crippen molar-refractivity contribution in [2.75, 3.05) is 0 Å². The van der Waals surface area contributed by atoms with Crippen molar-refractivity contribution in [2.45, 2.75) is 97.2 Å². The molecule has 8 rings (SSSR count). The van der Waals surface area contributed by atoms with E-state index in [2.05, 4.69) is 116 Å². The van der Waals surface area contributed by atoms with Gasteiger partial charge in [0, 0.05) is 36.9 Å². The number of fused-ring (bicyclic) bond motifs is 4. The van der Waals surface area contributed by atoms with Gasteiger partial charge in [0.2, 0.25) is 0 Å². The van der Waals surface area contributed by atoms with Crippen LogP contribution in [0.5, 0.6) is 0 Å². The number of para-hydroxylation sites is 2. The molecule has 4 aromatic carbocycles.